The summed E-state index contributed by atoms with van der Waals surface area (Å²) in [6.07, 6.45) is 0. The van der Waals surface area contributed by atoms with Crippen molar-refractivity contribution in [3.05, 3.63) is 222 Å². The molecule has 10 aromatic rings. The lowest BCUT2D eigenvalue weighted by molar-refractivity contribution is 0.728. The SMILES string of the molecule is c1ccc(-c2nc(-c3ccc(C4(c5ccccc5)c5ccccc5-n5c6ccccc6c6cccc4c65)cc3)cc(-c3cccc4ccccc34)n2)cc1. The summed E-state index contributed by atoms with van der Waals surface area (Å²) in [5.74, 6) is 0.710. The van der Waals surface area contributed by atoms with E-state index >= 15 is 0 Å². The minimum atomic E-state index is -0.560. The normalized spacial score (nSPS) is 14.7. The van der Waals surface area contributed by atoms with Gasteiger partial charge in [-0.2, -0.15) is 0 Å². The van der Waals surface area contributed by atoms with Gasteiger partial charge in [0.15, 0.2) is 5.82 Å². The summed E-state index contributed by atoms with van der Waals surface area (Å²) in [6.45, 7) is 0. The number of fused-ring (bicyclic) bond motifs is 6. The van der Waals surface area contributed by atoms with E-state index in [0.29, 0.717) is 5.82 Å². The van der Waals surface area contributed by atoms with E-state index in [0.717, 1.165) is 28.1 Å². The van der Waals surface area contributed by atoms with Gasteiger partial charge in [-0.05, 0) is 51.2 Å². The third-order valence-electron chi connectivity index (χ3n) is 11.3. The van der Waals surface area contributed by atoms with Crippen molar-refractivity contribution < 1.29 is 0 Å². The Bertz CT molecular complexity index is 3030. The lowest BCUT2D eigenvalue weighted by Crippen LogP contribution is -2.35. The van der Waals surface area contributed by atoms with Gasteiger partial charge in [0.2, 0.25) is 0 Å². The van der Waals surface area contributed by atoms with Crippen LogP contribution in [0, 0.1) is 0 Å². The van der Waals surface area contributed by atoms with Crippen molar-refractivity contribution in [1.29, 1.82) is 0 Å². The molecule has 3 heterocycles. The number of hydrogen-bond acceptors (Lipinski definition) is 2. The zero-order chi connectivity index (χ0) is 35.6. The smallest absolute Gasteiger partial charge is 0.160 e. The summed E-state index contributed by atoms with van der Waals surface area (Å²) in [6, 6.07) is 72.1. The van der Waals surface area contributed by atoms with Crippen LogP contribution in [-0.4, -0.2) is 14.5 Å². The van der Waals surface area contributed by atoms with Crippen molar-refractivity contribution in [3.63, 3.8) is 0 Å². The highest BCUT2D eigenvalue weighted by Crippen LogP contribution is 2.54. The number of hydrogen-bond donors (Lipinski definition) is 0. The highest BCUT2D eigenvalue weighted by atomic mass is 15.0. The Hall–Kier alpha value is -7.10. The molecule has 3 heteroatoms. The van der Waals surface area contributed by atoms with Crippen molar-refractivity contribution in [2.75, 3.05) is 0 Å². The van der Waals surface area contributed by atoms with E-state index in [2.05, 4.69) is 187 Å². The first-order chi connectivity index (χ1) is 26.8. The molecule has 1 aliphatic heterocycles. The molecule has 3 nitrogen and oxygen atoms in total. The van der Waals surface area contributed by atoms with Crippen molar-refractivity contribution in [2.45, 2.75) is 5.41 Å². The Morgan fingerprint density at radius 2 is 1.02 bits per heavy atom. The van der Waals surface area contributed by atoms with Gasteiger partial charge in [0.05, 0.1) is 33.5 Å². The van der Waals surface area contributed by atoms with E-state index in [9.17, 15) is 0 Å². The Morgan fingerprint density at radius 3 is 1.87 bits per heavy atom. The van der Waals surface area contributed by atoms with Crippen LogP contribution in [0.15, 0.2) is 200 Å². The van der Waals surface area contributed by atoms with Crippen LogP contribution in [0.25, 0.3) is 72.2 Å². The van der Waals surface area contributed by atoms with Crippen molar-refractivity contribution in [2.24, 2.45) is 0 Å². The lowest BCUT2D eigenvalue weighted by atomic mass is 9.63. The van der Waals surface area contributed by atoms with Crippen LogP contribution in [0.2, 0.25) is 0 Å². The number of para-hydroxylation sites is 3. The molecular weight excluding hydrogens is 655 g/mol. The molecule has 0 aliphatic carbocycles. The van der Waals surface area contributed by atoms with Gasteiger partial charge in [-0.3, -0.25) is 0 Å². The molecule has 54 heavy (non-hydrogen) atoms. The molecule has 0 saturated carbocycles. The summed E-state index contributed by atoms with van der Waals surface area (Å²) in [5.41, 5.74) is 13.0. The zero-order valence-corrected chi connectivity index (χ0v) is 29.4. The van der Waals surface area contributed by atoms with Gasteiger partial charge in [-0.15, -0.1) is 0 Å². The highest BCUT2D eigenvalue weighted by molar-refractivity contribution is 6.12. The van der Waals surface area contributed by atoms with E-state index in [1.165, 1.54) is 60.5 Å². The average molecular weight is 688 g/mol. The van der Waals surface area contributed by atoms with E-state index in [1.807, 2.05) is 18.2 Å². The fourth-order valence-electron chi connectivity index (χ4n) is 8.97. The first kappa shape index (κ1) is 30.5. The molecule has 8 aromatic carbocycles. The summed E-state index contributed by atoms with van der Waals surface area (Å²) in [5, 5.41) is 4.90. The number of nitrogens with zero attached hydrogens (tertiary/aromatic N) is 3. The second kappa shape index (κ2) is 12.0. The van der Waals surface area contributed by atoms with Crippen LogP contribution < -0.4 is 0 Å². The molecule has 0 saturated heterocycles. The molecule has 0 fully saturated rings. The highest BCUT2D eigenvalue weighted by Gasteiger charge is 2.45. The molecule has 0 spiro atoms. The average Bonchev–Trinajstić information content (AvgIpc) is 3.60. The predicted octanol–water partition coefficient (Wildman–Crippen LogP) is 12.4. The third-order valence-corrected chi connectivity index (χ3v) is 11.3. The molecule has 1 aliphatic rings. The van der Waals surface area contributed by atoms with E-state index < -0.39 is 5.41 Å². The fraction of sp³-hybridized carbons (Fsp3) is 0.0196. The molecule has 252 valence electrons. The van der Waals surface area contributed by atoms with E-state index in [-0.39, 0.29) is 0 Å². The monoisotopic (exact) mass is 687 g/mol. The van der Waals surface area contributed by atoms with Crippen molar-refractivity contribution in [1.82, 2.24) is 14.5 Å². The number of benzene rings is 8. The van der Waals surface area contributed by atoms with Crippen molar-refractivity contribution in [3.8, 4) is 39.6 Å². The first-order valence-corrected chi connectivity index (χ1v) is 18.5. The quantitative estimate of drug-likeness (QED) is 0.180. The van der Waals surface area contributed by atoms with Gasteiger partial charge in [-0.25, -0.2) is 9.97 Å². The first-order valence-electron chi connectivity index (χ1n) is 18.5. The maximum Gasteiger partial charge on any atom is 0.160 e. The van der Waals surface area contributed by atoms with Crippen LogP contribution in [0.5, 0.6) is 0 Å². The molecule has 0 radical (unpaired) electrons. The van der Waals surface area contributed by atoms with Crippen LogP contribution >= 0.6 is 0 Å². The standard InChI is InChI=1S/C51H33N3/c1-3-16-36(17-4-1)50-52-45(33-46(53-50)40-23-13-18-34-15-7-8-21-39(34)40)35-29-31-38(32-30-35)51(37-19-5-2-6-20-37)43-25-10-12-28-48(43)54-47-27-11-9-22-41(47)42-24-14-26-44(51)49(42)54/h1-33H. The number of rotatable bonds is 5. The topological polar surface area (TPSA) is 30.7 Å². The minimum absolute atomic E-state index is 0.560. The van der Waals surface area contributed by atoms with Gasteiger partial charge >= 0.3 is 0 Å². The van der Waals surface area contributed by atoms with Crippen molar-refractivity contribution >= 4 is 32.6 Å². The predicted molar refractivity (Wildman–Crippen MR) is 222 cm³/mol. The third kappa shape index (κ3) is 4.42. The largest absolute Gasteiger partial charge is 0.309 e. The lowest BCUT2D eigenvalue weighted by Gasteiger charge is -2.41. The summed E-state index contributed by atoms with van der Waals surface area (Å²) in [4.78, 5) is 10.4. The maximum atomic E-state index is 5.20. The molecule has 0 N–H and O–H groups in total. The molecule has 11 rings (SSSR count). The fourth-order valence-corrected chi connectivity index (χ4v) is 8.97. The Kier molecular flexibility index (Phi) is 6.77. The van der Waals surface area contributed by atoms with E-state index in [1.54, 1.807) is 0 Å². The molecule has 2 aromatic heterocycles. The zero-order valence-electron chi connectivity index (χ0n) is 29.4. The molecule has 1 atom stereocenters. The number of aromatic nitrogens is 3. The summed E-state index contributed by atoms with van der Waals surface area (Å²) < 4.78 is 2.48. The summed E-state index contributed by atoms with van der Waals surface area (Å²) >= 11 is 0. The second-order valence-electron chi connectivity index (χ2n) is 14.1. The maximum absolute atomic E-state index is 5.20. The second-order valence-corrected chi connectivity index (χ2v) is 14.1. The van der Waals surface area contributed by atoms with E-state index in [4.69, 9.17) is 9.97 Å². The van der Waals surface area contributed by atoms with Crippen LogP contribution in [0.3, 0.4) is 0 Å². The van der Waals surface area contributed by atoms with Gasteiger partial charge < -0.3 is 4.57 Å². The van der Waals surface area contributed by atoms with Gasteiger partial charge in [0.25, 0.3) is 0 Å². The Morgan fingerprint density at radius 1 is 0.407 bits per heavy atom. The Labute approximate surface area is 313 Å². The van der Waals surface area contributed by atoms with Crippen LogP contribution in [0.4, 0.5) is 0 Å². The summed E-state index contributed by atoms with van der Waals surface area (Å²) in [7, 11) is 0. The molecule has 1 unspecified atom stereocenters. The molecular formula is C51H33N3. The molecule has 0 amide bonds. The van der Waals surface area contributed by atoms with Gasteiger partial charge in [0.1, 0.15) is 0 Å². The van der Waals surface area contributed by atoms with Gasteiger partial charge in [0, 0.05) is 27.5 Å². The Balaban J connectivity index is 1.15. The van der Waals surface area contributed by atoms with Crippen LogP contribution in [-0.2, 0) is 5.41 Å². The molecule has 0 bridgehead atoms. The van der Waals surface area contributed by atoms with Crippen LogP contribution in [0.1, 0.15) is 22.3 Å². The van der Waals surface area contributed by atoms with Gasteiger partial charge in [-0.1, -0.05) is 182 Å². The minimum Gasteiger partial charge on any atom is -0.309 e.